The molecule has 36 heavy (non-hydrogen) atoms. The average molecular weight is 512 g/mol. The van der Waals surface area contributed by atoms with Gasteiger partial charge in [0.1, 0.15) is 0 Å². The van der Waals surface area contributed by atoms with Gasteiger partial charge in [-0.2, -0.15) is 5.10 Å². The van der Waals surface area contributed by atoms with E-state index in [-0.39, 0.29) is 17.8 Å². The lowest BCUT2D eigenvalue weighted by atomic mass is 9.95. The lowest BCUT2D eigenvalue weighted by Crippen LogP contribution is -2.28. The van der Waals surface area contributed by atoms with Crippen molar-refractivity contribution in [1.82, 2.24) is 15.1 Å². The zero-order valence-electron chi connectivity index (χ0n) is 21.9. The van der Waals surface area contributed by atoms with Gasteiger partial charge in [-0.1, -0.05) is 24.9 Å². The van der Waals surface area contributed by atoms with Crippen molar-refractivity contribution in [3.8, 4) is 0 Å². The summed E-state index contributed by atoms with van der Waals surface area (Å²) in [5, 5.41) is 9.35. The quantitative estimate of drug-likeness (QED) is 0.195. The van der Waals surface area contributed by atoms with Crippen LogP contribution in [0.2, 0.25) is 5.02 Å². The number of aromatic nitrogens is 2. The Balaban J connectivity index is 1.60. The van der Waals surface area contributed by atoms with Crippen molar-refractivity contribution in [2.45, 2.75) is 72.4 Å². The number of hydrogen-bond donors (Lipinski definition) is 1. The molecular formula is C29H38ClN3O3. The van der Waals surface area contributed by atoms with Gasteiger partial charge in [0.2, 0.25) is 0 Å². The SMILES string of the molecule is CCCC(CCCC(=O)c1ccc(Cl)cc1)Cn1cc2c(C)c(C(=O)NCCOC(C)C)ccc2n1. The first-order valence-electron chi connectivity index (χ1n) is 12.9. The van der Waals surface area contributed by atoms with Crippen molar-refractivity contribution in [3.63, 3.8) is 0 Å². The van der Waals surface area contributed by atoms with E-state index in [1.165, 1.54) is 0 Å². The van der Waals surface area contributed by atoms with E-state index in [9.17, 15) is 9.59 Å². The normalized spacial score (nSPS) is 12.3. The number of hydrogen-bond acceptors (Lipinski definition) is 4. The zero-order chi connectivity index (χ0) is 26.1. The number of benzene rings is 2. The monoisotopic (exact) mass is 511 g/mol. The van der Waals surface area contributed by atoms with E-state index in [0.717, 1.165) is 48.7 Å². The summed E-state index contributed by atoms with van der Waals surface area (Å²) in [7, 11) is 0. The number of ketones is 1. The van der Waals surface area contributed by atoms with Gasteiger partial charge < -0.3 is 10.1 Å². The summed E-state index contributed by atoms with van der Waals surface area (Å²) in [5.74, 6) is 0.499. The van der Waals surface area contributed by atoms with Crippen LogP contribution in [0.25, 0.3) is 10.9 Å². The predicted molar refractivity (Wildman–Crippen MR) is 146 cm³/mol. The van der Waals surface area contributed by atoms with Gasteiger partial charge in [-0.25, -0.2) is 0 Å². The van der Waals surface area contributed by atoms with Gasteiger partial charge in [0.15, 0.2) is 5.78 Å². The largest absolute Gasteiger partial charge is 0.377 e. The molecule has 0 aliphatic heterocycles. The van der Waals surface area contributed by atoms with E-state index in [4.69, 9.17) is 21.4 Å². The van der Waals surface area contributed by atoms with Gasteiger partial charge in [-0.15, -0.1) is 0 Å². The minimum Gasteiger partial charge on any atom is -0.377 e. The molecule has 1 N–H and O–H groups in total. The predicted octanol–water partition coefficient (Wildman–Crippen LogP) is 6.62. The summed E-state index contributed by atoms with van der Waals surface area (Å²) < 4.78 is 7.50. The van der Waals surface area contributed by atoms with E-state index < -0.39 is 0 Å². The maximum atomic E-state index is 12.7. The number of amides is 1. The molecule has 3 rings (SSSR count). The van der Waals surface area contributed by atoms with Gasteiger partial charge in [0.25, 0.3) is 5.91 Å². The van der Waals surface area contributed by atoms with E-state index >= 15 is 0 Å². The molecule has 1 unspecified atom stereocenters. The first-order chi connectivity index (χ1) is 17.3. The highest BCUT2D eigenvalue weighted by molar-refractivity contribution is 6.30. The number of carbonyl (C=O) groups is 2. The lowest BCUT2D eigenvalue weighted by Gasteiger charge is -2.16. The highest BCUT2D eigenvalue weighted by Crippen LogP contribution is 2.24. The summed E-state index contributed by atoms with van der Waals surface area (Å²) >= 11 is 5.93. The number of ether oxygens (including phenoxy) is 1. The highest BCUT2D eigenvalue weighted by Gasteiger charge is 2.16. The lowest BCUT2D eigenvalue weighted by molar-refractivity contribution is 0.0746. The van der Waals surface area contributed by atoms with Crippen molar-refractivity contribution in [2.24, 2.45) is 5.92 Å². The van der Waals surface area contributed by atoms with Crippen molar-refractivity contribution in [2.75, 3.05) is 13.2 Å². The molecule has 6 nitrogen and oxygen atoms in total. The Morgan fingerprint density at radius 1 is 1.11 bits per heavy atom. The van der Waals surface area contributed by atoms with Gasteiger partial charge in [-0.05, 0) is 87.9 Å². The molecule has 2 aromatic carbocycles. The molecular weight excluding hydrogens is 474 g/mol. The van der Waals surface area contributed by atoms with Crippen LogP contribution in [0.3, 0.4) is 0 Å². The number of fused-ring (bicyclic) bond motifs is 1. The fraction of sp³-hybridized carbons (Fsp3) is 0.483. The Hall–Kier alpha value is -2.70. The molecule has 0 radical (unpaired) electrons. The molecule has 0 bridgehead atoms. The molecule has 0 aliphatic rings. The minimum atomic E-state index is -0.0938. The van der Waals surface area contributed by atoms with E-state index in [1.807, 2.05) is 43.8 Å². The molecule has 0 fully saturated rings. The molecule has 1 heterocycles. The summed E-state index contributed by atoms with van der Waals surface area (Å²) in [6, 6.07) is 10.9. The van der Waals surface area contributed by atoms with Crippen molar-refractivity contribution < 1.29 is 14.3 Å². The molecule has 1 amide bonds. The van der Waals surface area contributed by atoms with E-state index in [1.54, 1.807) is 24.3 Å². The second-order valence-corrected chi connectivity index (χ2v) is 10.1. The van der Waals surface area contributed by atoms with E-state index in [0.29, 0.717) is 41.6 Å². The third kappa shape index (κ3) is 7.90. The Morgan fingerprint density at radius 2 is 1.86 bits per heavy atom. The van der Waals surface area contributed by atoms with Crippen LogP contribution in [0.15, 0.2) is 42.6 Å². The van der Waals surface area contributed by atoms with Crippen LogP contribution >= 0.6 is 11.6 Å². The molecule has 0 saturated carbocycles. The molecule has 3 aromatic rings. The molecule has 7 heteroatoms. The Kier molecular flexibility index (Phi) is 10.5. The summed E-state index contributed by atoms with van der Waals surface area (Å²) in [6.45, 7) is 9.88. The standard InChI is InChI=1S/C29H38ClN3O3/c1-5-7-22(8-6-9-28(34)23-10-12-24(30)13-11-23)18-33-19-26-21(4)25(14-15-27(26)32-33)29(35)31-16-17-36-20(2)3/h10-15,19-20,22H,5-9,16-18H2,1-4H3,(H,31,35). The smallest absolute Gasteiger partial charge is 0.251 e. The minimum absolute atomic E-state index is 0.0938. The van der Waals surface area contributed by atoms with Crippen LogP contribution < -0.4 is 5.32 Å². The highest BCUT2D eigenvalue weighted by atomic mass is 35.5. The van der Waals surface area contributed by atoms with Crippen molar-refractivity contribution in [3.05, 3.63) is 64.3 Å². The third-order valence-electron chi connectivity index (χ3n) is 6.41. The average Bonchev–Trinajstić information content (AvgIpc) is 3.26. The first-order valence-corrected chi connectivity index (χ1v) is 13.3. The number of halogens is 1. The van der Waals surface area contributed by atoms with Crippen LogP contribution in [-0.2, 0) is 11.3 Å². The fourth-order valence-corrected chi connectivity index (χ4v) is 4.63. The Bertz CT molecular complexity index is 1150. The van der Waals surface area contributed by atoms with Crippen LogP contribution in [0.1, 0.15) is 79.2 Å². The van der Waals surface area contributed by atoms with Crippen LogP contribution in [-0.4, -0.2) is 40.7 Å². The van der Waals surface area contributed by atoms with Crippen molar-refractivity contribution in [1.29, 1.82) is 0 Å². The summed E-state index contributed by atoms with van der Waals surface area (Å²) in [4.78, 5) is 25.2. The first kappa shape index (κ1) is 27.9. The molecule has 0 spiro atoms. The second-order valence-electron chi connectivity index (χ2n) is 9.67. The molecule has 0 saturated heterocycles. The maximum Gasteiger partial charge on any atom is 0.251 e. The molecule has 0 aliphatic carbocycles. The molecule has 1 aromatic heterocycles. The summed E-state index contributed by atoms with van der Waals surface area (Å²) in [5.41, 5.74) is 3.20. The fourth-order valence-electron chi connectivity index (χ4n) is 4.51. The Labute approximate surface area is 219 Å². The third-order valence-corrected chi connectivity index (χ3v) is 6.67. The van der Waals surface area contributed by atoms with Gasteiger partial charge in [-0.3, -0.25) is 14.3 Å². The van der Waals surface area contributed by atoms with E-state index in [2.05, 4.69) is 12.2 Å². The second kappa shape index (κ2) is 13.6. The van der Waals surface area contributed by atoms with Crippen molar-refractivity contribution >= 4 is 34.2 Å². The number of aryl methyl sites for hydroxylation is 1. The number of carbonyl (C=O) groups excluding carboxylic acids is 2. The topological polar surface area (TPSA) is 73.2 Å². The molecule has 194 valence electrons. The molecule has 1 atom stereocenters. The van der Waals surface area contributed by atoms with Crippen LogP contribution in [0, 0.1) is 12.8 Å². The van der Waals surface area contributed by atoms with Gasteiger partial charge >= 0.3 is 0 Å². The maximum absolute atomic E-state index is 12.7. The van der Waals surface area contributed by atoms with Crippen LogP contribution in [0.4, 0.5) is 0 Å². The number of Topliss-reactive ketones (excluding diaryl/α,β-unsaturated/α-hetero) is 1. The van der Waals surface area contributed by atoms with Gasteiger partial charge in [0, 0.05) is 47.2 Å². The van der Waals surface area contributed by atoms with Gasteiger partial charge in [0.05, 0.1) is 18.2 Å². The number of rotatable bonds is 14. The summed E-state index contributed by atoms with van der Waals surface area (Å²) in [6.07, 6.45) is 6.70. The van der Waals surface area contributed by atoms with Crippen LogP contribution in [0.5, 0.6) is 0 Å². The number of nitrogens with zero attached hydrogens (tertiary/aromatic N) is 2. The number of nitrogens with one attached hydrogen (secondary N) is 1. The zero-order valence-corrected chi connectivity index (χ0v) is 22.6. The Morgan fingerprint density at radius 3 is 2.56 bits per heavy atom.